The molecule has 0 aliphatic rings. The van der Waals surface area contributed by atoms with Crippen LogP contribution in [0.25, 0.3) is 43.1 Å². The predicted octanol–water partition coefficient (Wildman–Crippen LogP) is 8.42. The second-order valence-electron chi connectivity index (χ2n) is 7.97. The second kappa shape index (κ2) is 7.28. The molecule has 138 valence electrons. The van der Waals surface area contributed by atoms with Crippen LogP contribution in [0.4, 0.5) is 0 Å². The van der Waals surface area contributed by atoms with Crippen LogP contribution < -0.4 is 0 Å². The van der Waals surface area contributed by atoms with Crippen LogP contribution in [0.15, 0.2) is 78.9 Å². The Morgan fingerprint density at radius 3 is 1.89 bits per heavy atom. The van der Waals surface area contributed by atoms with Crippen molar-refractivity contribution in [2.45, 2.75) is 39.0 Å². The molecule has 0 unspecified atom stereocenters. The van der Waals surface area contributed by atoms with E-state index in [0.29, 0.717) is 0 Å². The van der Waals surface area contributed by atoms with E-state index in [2.05, 4.69) is 85.8 Å². The molecule has 0 radical (unpaired) electrons. The third-order valence-corrected chi connectivity index (χ3v) is 6.12. The number of unbranched alkanes of at least 4 members (excludes halogenated alkanes) is 3. The summed E-state index contributed by atoms with van der Waals surface area (Å²) >= 11 is 0. The predicted molar refractivity (Wildman–Crippen MR) is 124 cm³/mol. The first-order chi connectivity index (χ1) is 13.8. The largest absolute Gasteiger partial charge is 0.0654 e. The third kappa shape index (κ3) is 2.94. The Kier molecular flexibility index (Phi) is 4.49. The minimum Gasteiger partial charge on any atom is -0.0654 e. The van der Waals surface area contributed by atoms with Crippen LogP contribution in [-0.4, -0.2) is 0 Å². The van der Waals surface area contributed by atoms with Gasteiger partial charge in [-0.2, -0.15) is 0 Å². The van der Waals surface area contributed by atoms with E-state index < -0.39 is 0 Å². The highest BCUT2D eigenvalue weighted by Crippen LogP contribution is 2.35. The van der Waals surface area contributed by atoms with Gasteiger partial charge in [-0.05, 0) is 61.5 Å². The molecule has 0 heteroatoms. The summed E-state index contributed by atoms with van der Waals surface area (Å²) in [7, 11) is 0. The highest BCUT2D eigenvalue weighted by molar-refractivity contribution is 6.22. The summed E-state index contributed by atoms with van der Waals surface area (Å²) in [6.45, 7) is 2.27. The van der Waals surface area contributed by atoms with Gasteiger partial charge in [0.25, 0.3) is 0 Å². The normalized spacial score (nSPS) is 11.8. The lowest BCUT2D eigenvalue weighted by atomic mass is 9.93. The van der Waals surface area contributed by atoms with E-state index in [1.165, 1.54) is 80.8 Å². The molecule has 0 heterocycles. The third-order valence-electron chi connectivity index (χ3n) is 6.12. The fraction of sp³-hybridized carbons (Fsp3) is 0.214. The molecule has 0 bridgehead atoms. The number of hydrogen-bond donors (Lipinski definition) is 0. The maximum Gasteiger partial charge on any atom is -0.00987 e. The van der Waals surface area contributed by atoms with E-state index >= 15 is 0 Å². The van der Waals surface area contributed by atoms with E-state index in [0.717, 1.165) is 0 Å². The topological polar surface area (TPSA) is 0 Å². The Balaban J connectivity index is 1.68. The summed E-state index contributed by atoms with van der Waals surface area (Å²) in [5, 5.41) is 10.8. The molecule has 0 saturated heterocycles. The van der Waals surface area contributed by atoms with Crippen molar-refractivity contribution >= 4 is 43.1 Å². The van der Waals surface area contributed by atoms with Crippen molar-refractivity contribution in [1.82, 2.24) is 0 Å². The van der Waals surface area contributed by atoms with Crippen LogP contribution in [0, 0.1) is 0 Å². The van der Waals surface area contributed by atoms with E-state index in [9.17, 15) is 0 Å². The first-order valence-electron chi connectivity index (χ1n) is 10.6. The molecule has 0 N–H and O–H groups in total. The van der Waals surface area contributed by atoms with Crippen molar-refractivity contribution in [2.24, 2.45) is 0 Å². The standard InChI is InChI=1S/C28H26/c1-2-3-4-5-8-20-11-12-22-14-16-26-25-15-13-21-9-6-7-10-23(21)24(25)17-18-27(26)28(22)19-20/h6-7,9-19H,2-5,8H2,1H3. The maximum atomic E-state index is 2.43. The number of rotatable bonds is 5. The van der Waals surface area contributed by atoms with E-state index in [1.807, 2.05) is 0 Å². The van der Waals surface area contributed by atoms with Gasteiger partial charge in [0.15, 0.2) is 0 Å². The fourth-order valence-corrected chi connectivity index (χ4v) is 4.59. The minimum atomic E-state index is 1.19. The van der Waals surface area contributed by atoms with Crippen molar-refractivity contribution in [3.63, 3.8) is 0 Å². The lowest BCUT2D eigenvalue weighted by Crippen LogP contribution is -1.88. The Bertz CT molecular complexity index is 1290. The van der Waals surface area contributed by atoms with Crippen molar-refractivity contribution < 1.29 is 0 Å². The second-order valence-corrected chi connectivity index (χ2v) is 7.97. The van der Waals surface area contributed by atoms with E-state index in [4.69, 9.17) is 0 Å². The zero-order chi connectivity index (χ0) is 18.9. The Labute approximate surface area is 166 Å². The molecule has 0 nitrogen and oxygen atoms in total. The minimum absolute atomic E-state index is 1.19. The summed E-state index contributed by atoms with van der Waals surface area (Å²) in [6.07, 6.45) is 6.45. The van der Waals surface area contributed by atoms with Gasteiger partial charge in [-0.25, -0.2) is 0 Å². The van der Waals surface area contributed by atoms with Crippen LogP contribution >= 0.6 is 0 Å². The number of hydrogen-bond acceptors (Lipinski definition) is 0. The molecule has 0 spiro atoms. The molecular formula is C28H26. The fourth-order valence-electron chi connectivity index (χ4n) is 4.59. The van der Waals surface area contributed by atoms with Crippen LogP contribution in [0.2, 0.25) is 0 Å². The molecule has 5 aromatic carbocycles. The molecule has 0 aromatic heterocycles. The van der Waals surface area contributed by atoms with Gasteiger partial charge >= 0.3 is 0 Å². The lowest BCUT2D eigenvalue weighted by molar-refractivity contribution is 0.667. The number of benzene rings is 5. The zero-order valence-electron chi connectivity index (χ0n) is 16.5. The first kappa shape index (κ1) is 17.3. The maximum absolute atomic E-state index is 2.43. The highest BCUT2D eigenvalue weighted by atomic mass is 14.1. The van der Waals surface area contributed by atoms with Crippen LogP contribution in [0.1, 0.15) is 38.2 Å². The van der Waals surface area contributed by atoms with E-state index in [-0.39, 0.29) is 0 Å². The van der Waals surface area contributed by atoms with Gasteiger partial charge in [0.2, 0.25) is 0 Å². The summed E-state index contributed by atoms with van der Waals surface area (Å²) in [6, 6.07) is 29.5. The molecular weight excluding hydrogens is 336 g/mol. The molecule has 28 heavy (non-hydrogen) atoms. The van der Waals surface area contributed by atoms with Crippen molar-refractivity contribution in [3.8, 4) is 0 Å². The van der Waals surface area contributed by atoms with Gasteiger partial charge in [-0.1, -0.05) is 105 Å². The number of fused-ring (bicyclic) bond motifs is 7. The Morgan fingerprint density at radius 1 is 0.500 bits per heavy atom. The van der Waals surface area contributed by atoms with Gasteiger partial charge < -0.3 is 0 Å². The van der Waals surface area contributed by atoms with Gasteiger partial charge in [-0.3, -0.25) is 0 Å². The molecule has 0 saturated carbocycles. The van der Waals surface area contributed by atoms with Gasteiger partial charge in [0, 0.05) is 0 Å². The van der Waals surface area contributed by atoms with Crippen molar-refractivity contribution in [2.75, 3.05) is 0 Å². The molecule has 0 aliphatic carbocycles. The van der Waals surface area contributed by atoms with Crippen molar-refractivity contribution in [1.29, 1.82) is 0 Å². The van der Waals surface area contributed by atoms with E-state index in [1.54, 1.807) is 0 Å². The summed E-state index contributed by atoms with van der Waals surface area (Å²) in [4.78, 5) is 0. The van der Waals surface area contributed by atoms with Gasteiger partial charge in [-0.15, -0.1) is 0 Å². The summed E-state index contributed by atoms with van der Waals surface area (Å²) in [5.41, 5.74) is 1.47. The average molecular weight is 363 g/mol. The summed E-state index contributed by atoms with van der Waals surface area (Å²) in [5.74, 6) is 0. The molecule has 5 aromatic rings. The molecule has 0 aliphatic heterocycles. The Hall–Kier alpha value is -2.86. The molecule has 5 rings (SSSR count). The lowest BCUT2D eigenvalue weighted by Gasteiger charge is -2.11. The SMILES string of the molecule is CCCCCCc1ccc2ccc3c(ccc4c5ccccc5ccc43)c2c1. The molecule has 0 atom stereocenters. The summed E-state index contributed by atoms with van der Waals surface area (Å²) < 4.78 is 0. The quantitative estimate of drug-likeness (QED) is 0.217. The van der Waals surface area contributed by atoms with Gasteiger partial charge in [0.1, 0.15) is 0 Å². The average Bonchev–Trinajstić information content (AvgIpc) is 2.76. The molecule has 0 fully saturated rings. The highest BCUT2D eigenvalue weighted by Gasteiger charge is 2.08. The van der Waals surface area contributed by atoms with Crippen LogP contribution in [0.5, 0.6) is 0 Å². The van der Waals surface area contributed by atoms with Crippen LogP contribution in [-0.2, 0) is 6.42 Å². The Morgan fingerprint density at radius 2 is 1.11 bits per heavy atom. The van der Waals surface area contributed by atoms with Gasteiger partial charge in [0.05, 0.1) is 0 Å². The monoisotopic (exact) mass is 362 g/mol. The molecule has 0 amide bonds. The van der Waals surface area contributed by atoms with Crippen molar-refractivity contribution in [3.05, 3.63) is 84.4 Å². The zero-order valence-corrected chi connectivity index (χ0v) is 16.5. The number of aryl methyl sites for hydroxylation is 1. The smallest absolute Gasteiger partial charge is 0.00987 e. The van der Waals surface area contributed by atoms with Crippen LogP contribution in [0.3, 0.4) is 0 Å². The first-order valence-corrected chi connectivity index (χ1v) is 10.6.